The van der Waals surface area contributed by atoms with Crippen LogP contribution in [0.4, 0.5) is 4.39 Å². The van der Waals surface area contributed by atoms with Gasteiger partial charge in [0, 0.05) is 12.5 Å². The Hall–Kier alpha value is -0.980. The minimum Gasteiger partial charge on any atom is -0.489 e. The van der Waals surface area contributed by atoms with Crippen molar-refractivity contribution in [3.05, 3.63) is 33.0 Å². The van der Waals surface area contributed by atoms with Gasteiger partial charge in [-0.15, -0.1) is 0 Å². The number of oxime groups is 1. The molecular weight excluding hydrogens is 412 g/mol. The second-order valence-corrected chi connectivity index (χ2v) is 6.46. The predicted octanol–water partition coefficient (Wildman–Crippen LogP) is 5.47. The largest absolute Gasteiger partial charge is 0.489 e. The first-order chi connectivity index (χ1) is 10.9. The molecule has 1 rings (SSSR count). The van der Waals surface area contributed by atoms with Crippen molar-refractivity contribution in [2.24, 2.45) is 5.16 Å². The van der Waals surface area contributed by atoms with Crippen molar-refractivity contribution < 1.29 is 18.7 Å². The van der Waals surface area contributed by atoms with Gasteiger partial charge in [-0.2, -0.15) is 0 Å². The highest BCUT2D eigenvalue weighted by Gasteiger charge is 2.11. The lowest BCUT2D eigenvalue weighted by molar-refractivity contribution is 0.126. The van der Waals surface area contributed by atoms with E-state index in [1.807, 2.05) is 13.8 Å². The molecule has 1 aromatic rings. The Kier molecular flexibility index (Phi) is 9.36. The molecule has 0 amide bonds. The molecule has 128 valence electrons. The van der Waals surface area contributed by atoms with Gasteiger partial charge in [-0.25, -0.2) is 4.39 Å². The van der Waals surface area contributed by atoms with Crippen LogP contribution in [0.3, 0.4) is 0 Å². The maximum atomic E-state index is 14.0. The van der Waals surface area contributed by atoms with E-state index in [9.17, 15) is 4.39 Å². The predicted molar refractivity (Wildman–Crippen MR) is 94.2 cm³/mol. The van der Waals surface area contributed by atoms with Gasteiger partial charge >= 0.3 is 0 Å². The summed E-state index contributed by atoms with van der Waals surface area (Å²) < 4.78 is 25.3. The molecule has 0 spiro atoms. The molecule has 0 bridgehead atoms. The fraction of sp³-hybridized carbons (Fsp3) is 0.400. The van der Waals surface area contributed by atoms with Crippen LogP contribution in [0.1, 0.15) is 20.3 Å². The van der Waals surface area contributed by atoms with Crippen LogP contribution in [-0.2, 0) is 4.84 Å². The Labute approximate surface area is 153 Å². The van der Waals surface area contributed by atoms with Crippen molar-refractivity contribution in [1.29, 1.82) is 0 Å². The number of hydrogen-bond acceptors (Lipinski definition) is 4. The zero-order chi connectivity index (χ0) is 17.2. The maximum absolute atomic E-state index is 14.0. The Morgan fingerprint density at radius 2 is 2.00 bits per heavy atom. The van der Waals surface area contributed by atoms with Gasteiger partial charge in [-0.3, -0.25) is 0 Å². The standard InChI is InChI=1S/C15H17BrCl2FNO3/c1-10(2)20-23-6-3-5-22-15-12(16)8-11(9-13(15)19)21-7-4-14(17)18/h4,8-9H,3,5-7H2,1-2H3. The van der Waals surface area contributed by atoms with Gasteiger partial charge in [0.25, 0.3) is 0 Å². The van der Waals surface area contributed by atoms with Gasteiger partial charge in [-0.1, -0.05) is 28.4 Å². The van der Waals surface area contributed by atoms with E-state index in [0.29, 0.717) is 29.9 Å². The Morgan fingerprint density at radius 1 is 1.26 bits per heavy atom. The average Bonchev–Trinajstić information content (AvgIpc) is 2.44. The van der Waals surface area contributed by atoms with Crippen molar-refractivity contribution in [3.63, 3.8) is 0 Å². The number of hydrogen-bond donors (Lipinski definition) is 0. The van der Waals surface area contributed by atoms with E-state index < -0.39 is 5.82 Å². The normalized spacial score (nSPS) is 10.0. The van der Waals surface area contributed by atoms with Gasteiger partial charge in [0.2, 0.25) is 0 Å². The van der Waals surface area contributed by atoms with Crippen molar-refractivity contribution in [1.82, 2.24) is 0 Å². The zero-order valence-electron chi connectivity index (χ0n) is 12.7. The fourth-order valence-electron chi connectivity index (χ4n) is 1.43. The number of benzene rings is 1. The Balaban J connectivity index is 2.50. The van der Waals surface area contributed by atoms with Gasteiger partial charge in [-0.05, 0) is 41.9 Å². The highest BCUT2D eigenvalue weighted by Crippen LogP contribution is 2.32. The minimum absolute atomic E-state index is 0.0920. The minimum atomic E-state index is -0.529. The summed E-state index contributed by atoms with van der Waals surface area (Å²) in [4.78, 5) is 5.03. The third-order valence-electron chi connectivity index (χ3n) is 2.33. The van der Waals surface area contributed by atoms with Crippen molar-refractivity contribution >= 4 is 44.8 Å². The Bertz CT molecular complexity index is 551. The summed E-state index contributed by atoms with van der Waals surface area (Å²) in [5, 5.41) is 3.79. The molecule has 0 aliphatic heterocycles. The van der Waals surface area contributed by atoms with Crippen LogP contribution < -0.4 is 9.47 Å². The van der Waals surface area contributed by atoms with E-state index in [4.69, 9.17) is 37.5 Å². The van der Waals surface area contributed by atoms with Crippen LogP contribution in [-0.4, -0.2) is 25.5 Å². The smallest absolute Gasteiger partial charge is 0.169 e. The van der Waals surface area contributed by atoms with Crippen LogP contribution >= 0.6 is 39.1 Å². The third-order valence-corrected chi connectivity index (χ3v) is 3.23. The van der Waals surface area contributed by atoms with Crippen LogP contribution in [0.5, 0.6) is 11.5 Å². The summed E-state index contributed by atoms with van der Waals surface area (Å²) >= 11 is 14.2. The van der Waals surface area contributed by atoms with E-state index in [2.05, 4.69) is 21.1 Å². The van der Waals surface area contributed by atoms with E-state index in [-0.39, 0.29) is 16.8 Å². The summed E-state index contributed by atoms with van der Waals surface area (Å²) in [5.74, 6) is -0.0687. The van der Waals surface area contributed by atoms with Gasteiger partial charge in [0.05, 0.1) is 16.8 Å². The quantitative estimate of drug-likeness (QED) is 0.297. The zero-order valence-corrected chi connectivity index (χ0v) is 15.8. The summed E-state index contributed by atoms with van der Waals surface area (Å²) in [7, 11) is 0. The van der Waals surface area contributed by atoms with E-state index in [1.165, 1.54) is 12.1 Å². The molecule has 0 aliphatic carbocycles. The molecule has 0 aliphatic rings. The van der Waals surface area contributed by atoms with Crippen molar-refractivity contribution in [2.45, 2.75) is 20.3 Å². The SMILES string of the molecule is CC(C)=NOCCCOc1c(F)cc(OCC=C(Cl)Cl)cc1Br. The first-order valence-electron chi connectivity index (χ1n) is 6.79. The summed E-state index contributed by atoms with van der Waals surface area (Å²) in [5.41, 5.74) is 0.834. The molecule has 0 radical (unpaired) electrons. The lowest BCUT2D eigenvalue weighted by Gasteiger charge is -2.11. The molecule has 0 saturated heterocycles. The van der Waals surface area contributed by atoms with Crippen LogP contribution in [0, 0.1) is 5.82 Å². The van der Waals surface area contributed by atoms with Crippen LogP contribution in [0.25, 0.3) is 0 Å². The molecule has 0 heterocycles. The number of halogens is 4. The lowest BCUT2D eigenvalue weighted by atomic mass is 10.3. The van der Waals surface area contributed by atoms with Gasteiger partial charge < -0.3 is 14.3 Å². The topological polar surface area (TPSA) is 40.0 Å². The number of rotatable bonds is 9. The molecule has 0 fully saturated rings. The summed E-state index contributed by atoms with van der Waals surface area (Å²) in [6.07, 6.45) is 2.04. The van der Waals surface area contributed by atoms with Crippen molar-refractivity contribution in [2.75, 3.05) is 19.8 Å². The monoisotopic (exact) mass is 427 g/mol. The van der Waals surface area contributed by atoms with Crippen LogP contribution in [0.15, 0.2) is 32.3 Å². The second kappa shape index (κ2) is 10.7. The van der Waals surface area contributed by atoms with Crippen LogP contribution in [0.2, 0.25) is 0 Å². The molecule has 23 heavy (non-hydrogen) atoms. The molecule has 0 aromatic heterocycles. The lowest BCUT2D eigenvalue weighted by Crippen LogP contribution is -2.04. The first-order valence-corrected chi connectivity index (χ1v) is 8.34. The fourth-order valence-corrected chi connectivity index (χ4v) is 2.09. The summed E-state index contributed by atoms with van der Waals surface area (Å²) in [6, 6.07) is 2.84. The molecule has 0 N–H and O–H groups in total. The molecule has 4 nitrogen and oxygen atoms in total. The van der Waals surface area contributed by atoms with Crippen molar-refractivity contribution in [3.8, 4) is 11.5 Å². The highest BCUT2D eigenvalue weighted by molar-refractivity contribution is 9.10. The highest BCUT2D eigenvalue weighted by atomic mass is 79.9. The van der Waals surface area contributed by atoms with E-state index in [0.717, 1.165) is 5.71 Å². The second-order valence-electron chi connectivity index (χ2n) is 4.59. The van der Waals surface area contributed by atoms with E-state index in [1.54, 1.807) is 6.07 Å². The van der Waals surface area contributed by atoms with E-state index >= 15 is 0 Å². The molecule has 0 atom stereocenters. The number of ether oxygens (including phenoxy) is 2. The Morgan fingerprint density at radius 3 is 2.61 bits per heavy atom. The maximum Gasteiger partial charge on any atom is 0.169 e. The molecular formula is C15H17BrCl2FNO3. The molecule has 1 aromatic carbocycles. The molecule has 0 unspecified atom stereocenters. The third kappa shape index (κ3) is 8.44. The van der Waals surface area contributed by atoms with Gasteiger partial charge in [0.1, 0.15) is 23.5 Å². The first kappa shape index (κ1) is 20.1. The average molecular weight is 429 g/mol. The summed E-state index contributed by atoms with van der Waals surface area (Å²) in [6.45, 7) is 4.52. The number of nitrogens with zero attached hydrogens (tertiary/aromatic N) is 1. The molecule has 0 saturated carbocycles. The van der Waals surface area contributed by atoms with Gasteiger partial charge in [0.15, 0.2) is 11.6 Å². The molecule has 8 heteroatoms.